The number of rotatable bonds is 12. The molecule has 1 amide bonds. The number of unbranched alkanes of at least 4 members (excludes halogenated alkanes) is 3. The van der Waals surface area contributed by atoms with Crippen molar-refractivity contribution in [3.05, 3.63) is 35.4 Å². The van der Waals surface area contributed by atoms with E-state index in [2.05, 4.69) is 0 Å². The number of carbonyl (C=O) groups is 2. The van der Waals surface area contributed by atoms with Gasteiger partial charge in [0.2, 0.25) is 5.91 Å². The summed E-state index contributed by atoms with van der Waals surface area (Å²) >= 11 is 0. The van der Waals surface area contributed by atoms with Crippen molar-refractivity contribution in [1.82, 2.24) is 4.90 Å². The van der Waals surface area contributed by atoms with E-state index in [1.165, 1.54) is 6.07 Å². The number of carbonyl (C=O) groups excluding carboxylic acids is 2. The molecule has 2 rings (SSSR count). The normalized spacial score (nSPS) is 18.1. The van der Waals surface area contributed by atoms with Crippen LogP contribution in [0.15, 0.2) is 24.3 Å². The van der Waals surface area contributed by atoms with Crippen molar-refractivity contribution in [1.29, 1.82) is 0 Å². The Kier molecular flexibility index (Phi) is 9.34. The Balaban J connectivity index is 1.75. The maximum Gasteiger partial charge on any atom is 0.416 e. The van der Waals surface area contributed by atoms with Crippen molar-refractivity contribution in [2.45, 2.75) is 89.5 Å². The number of halogens is 3. The van der Waals surface area contributed by atoms with E-state index in [1.54, 1.807) is 13.0 Å². The molecule has 1 heterocycles. The molecule has 1 aliphatic heterocycles. The van der Waals surface area contributed by atoms with Gasteiger partial charge in [-0.2, -0.15) is 13.2 Å². The molecular formula is C23H32F3NO3. The predicted octanol–water partition coefficient (Wildman–Crippen LogP) is 4.92. The highest BCUT2D eigenvalue weighted by atomic mass is 19.4. The average molecular weight is 428 g/mol. The van der Waals surface area contributed by atoms with Crippen molar-refractivity contribution in [2.75, 3.05) is 6.54 Å². The number of hydrogen-bond acceptors (Lipinski definition) is 3. The molecule has 0 unspecified atom stereocenters. The number of likely N-dealkylation sites (tertiary alicyclic amines) is 1. The Morgan fingerprint density at radius 3 is 2.67 bits per heavy atom. The lowest BCUT2D eigenvalue weighted by Gasteiger charge is -2.26. The fourth-order valence-corrected chi connectivity index (χ4v) is 4.04. The van der Waals surface area contributed by atoms with Crippen LogP contribution in [0.3, 0.4) is 0 Å². The van der Waals surface area contributed by atoms with Crippen molar-refractivity contribution in [2.24, 2.45) is 0 Å². The first-order valence-corrected chi connectivity index (χ1v) is 10.8. The molecule has 1 saturated heterocycles. The monoisotopic (exact) mass is 427 g/mol. The predicted molar refractivity (Wildman–Crippen MR) is 109 cm³/mol. The lowest BCUT2D eigenvalue weighted by Crippen LogP contribution is -2.34. The van der Waals surface area contributed by atoms with Crippen LogP contribution in [0, 0.1) is 0 Å². The van der Waals surface area contributed by atoms with E-state index in [0.29, 0.717) is 37.8 Å². The highest BCUT2D eigenvalue weighted by Crippen LogP contribution is 2.30. The number of aliphatic hydroxyl groups is 1. The van der Waals surface area contributed by atoms with Crippen molar-refractivity contribution in [3.8, 4) is 0 Å². The molecule has 2 atom stereocenters. The van der Waals surface area contributed by atoms with Crippen LogP contribution in [0.4, 0.5) is 13.2 Å². The topological polar surface area (TPSA) is 57.6 Å². The summed E-state index contributed by atoms with van der Waals surface area (Å²) in [7, 11) is 0. The standard InChI is InChI=1S/C23H32F3NO3/c1-17(28)7-4-2-3-5-14-27-20(11-13-22(27)30)10-12-21(29)16-18-8-6-9-19(15-18)23(24,25)26/h6,8-9,15,20-21,29H,2-5,7,10-14,16H2,1H3/t20-,21+/m0/s1. The van der Waals surface area contributed by atoms with Gasteiger partial charge in [-0.25, -0.2) is 0 Å². The van der Waals surface area contributed by atoms with Gasteiger partial charge in [-0.05, 0) is 57.1 Å². The van der Waals surface area contributed by atoms with Gasteiger partial charge in [0.25, 0.3) is 0 Å². The van der Waals surface area contributed by atoms with Gasteiger partial charge in [0.05, 0.1) is 11.7 Å². The SMILES string of the molecule is CC(=O)CCCCCCN1C(=O)CC[C@@H]1CC[C@@H](O)Cc1cccc(C(F)(F)F)c1. The van der Waals surface area contributed by atoms with Crippen LogP contribution >= 0.6 is 0 Å². The molecule has 7 heteroatoms. The van der Waals surface area contributed by atoms with Crippen LogP contribution in [0.2, 0.25) is 0 Å². The minimum atomic E-state index is -4.39. The van der Waals surface area contributed by atoms with Gasteiger partial charge in [-0.1, -0.05) is 31.0 Å². The number of amides is 1. The summed E-state index contributed by atoms with van der Waals surface area (Å²) in [5.74, 6) is 0.338. The third kappa shape index (κ3) is 8.09. The molecule has 0 aromatic heterocycles. The van der Waals surface area contributed by atoms with Gasteiger partial charge in [-0.3, -0.25) is 4.79 Å². The van der Waals surface area contributed by atoms with Crippen LogP contribution in [0.1, 0.15) is 75.8 Å². The molecule has 0 bridgehead atoms. The van der Waals surface area contributed by atoms with Crippen molar-refractivity contribution in [3.63, 3.8) is 0 Å². The zero-order valence-electron chi connectivity index (χ0n) is 17.6. The lowest BCUT2D eigenvalue weighted by molar-refractivity contribution is -0.137. The van der Waals surface area contributed by atoms with E-state index in [-0.39, 0.29) is 24.2 Å². The summed E-state index contributed by atoms with van der Waals surface area (Å²) in [5, 5.41) is 10.3. The zero-order valence-corrected chi connectivity index (χ0v) is 17.6. The van der Waals surface area contributed by atoms with Gasteiger partial charge in [0.1, 0.15) is 5.78 Å². The highest BCUT2D eigenvalue weighted by Gasteiger charge is 2.31. The number of alkyl halides is 3. The first kappa shape index (κ1) is 24.4. The molecule has 1 aromatic rings. The number of nitrogens with zero attached hydrogens (tertiary/aromatic N) is 1. The van der Waals surface area contributed by atoms with Gasteiger partial charge in [-0.15, -0.1) is 0 Å². The van der Waals surface area contributed by atoms with Crippen LogP contribution < -0.4 is 0 Å². The molecule has 30 heavy (non-hydrogen) atoms. The number of hydrogen-bond donors (Lipinski definition) is 1. The van der Waals surface area contributed by atoms with Crippen LogP contribution in [0.25, 0.3) is 0 Å². The van der Waals surface area contributed by atoms with E-state index in [4.69, 9.17) is 0 Å². The van der Waals surface area contributed by atoms with E-state index < -0.39 is 17.8 Å². The van der Waals surface area contributed by atoms with E-state index >= 15 is 0 Å². The van der Waals surface area contributed by atoms with Crippen LogP contribution in [-0.4, -0.2) is 40.4 Å². The van der Waals surface area contributed by atoms with E-state index in [0.717, 1.165) is 44.2 Å². The first-order chi connectivity index (χ1) is 14.2. The Morgan fingerprint density at radius 1 is 1.23 bits per heavy atom. The van der Waals surface area contributed by atoms with E-state index in [1.807, 2.05) is 4.90 Å². The Bertz CT molecular complexity index is 705. The summed E-state index contributed by atoms with van der Waals surface area (Å²) in [6.07, 6.45) is 1.74. The summed E-state index contributed by atoms with van der Waals surface area (Å²) in [6.45, 7) is 2.28. The third-order valence-electron chi connectivity index (χ3n) is 5.69. The molecule has 0 spiro atoms. The molecule has 1 fully saturated rings. The quantitative estimate of drug-likeness (QED) is 0.482. The highest BCUT2D eigenvalue weighted by molar-refractivity contribution is 5.78. The second kappa shape index (κ2) is 11.5. The van der Waals surface area contributed by atoms with Gasteiger partial charge < -0.3 is 14.8 Å². The second-order valence-electron chi connectivity index (χ2n) is 8.28. The summed E-state index contributed by atoms with van der Waals surface area (Å²) in [6, 6.07) is 5.15. The fourth-order valence-electron chi connectivity index (χ4n) is 4.04. The van der Waals surface area contributed by atoms with Crippen LogP contribution in [0.5, 0.6) is 0 Å². The van der Waals surface area contributed by atoms with Crippen molar-refractivity contribution >= 4 is 11.7 Å². The molecule has 0 saturated carbocycles. The molecule has 1 aromatic carbocycles. The average Bonchev–Trinajstić information content (AvgIpc) is 3.02. The number of aliphatic hydroxyl groups excluding tert-OH is 1. The Labute approximate surface area is 176 Å². The first-order valence-electron chi connectivity index (χ1n) is 10.8. The molecule has 1 aliphatic rings. The van der Waals surface area contributed by atoms with E-state index in [9.17, 15) is 27.9 Å². The maximum atomic E-state index is 12.8. The Morgan fingerprint density at radius 2 is 1.97 bits per heavy atom. The van der Waals surface area contributed by atoms with Gasteiger partial charge >= 0.3 is 6.18 Å². The third-order valence-corrected chi connectivity index (χ3v) is 5.69. The second-order valence-corrected chi connectivity index (χ2v) is 8.28. The molecular weight excluding hydrogens is 395 g/mol. The van der Waals surface area contributed by atoms with Gasteiger partial charge in [0.15, 0.2) is 0 Å². The van der Waals surface area contributed by atoms with Crippen LogP contribution in [-0.2, 0) is 22.2 Å². The summed E-state index contributed by atoms with van der Waals surface area (Å²) in [4.78, 5) is 25.0. The Hall–Kier alpha value is -1.89. The molecule has 0 radical (unpaired) electrons. The number of ketones is 1. The number of Topliss-reactive ketones (excluding diaryl/α,β-unsaturated/α-hetero) is 1. The number of benzene rings is 1. The van der Waals surface area contributed by atoms with Crippen molar-refractivity contribution < 1.29 is 27.9 Å². The van der Waals surface area contributed by atoms with Gasteiger partial charge in [0, 0.05) is 25.4 Å². The molecule has 0 aliphatic carbocycles. The minimum absolute atomic E-state index is 0.0888. The maximum absolute atomic E-state index is 12.8. The summed E-state index contributed by atoms with van der Waals surface area (Å²) in [5.41, 5.74) is -0.245. The molecule has 1 N–H and O–H groups in total. The zero-order chi connectivity index (χ0) is 22.1. The molecule has 168 valence electrons. The smallest absolute Gasteiger partial charge is 0.393 e. The lowest BCUT2D eigenvalue weighted by atomic mass is 9.99. The molecule has 4 nitrogen and oxygen atoms in total. The largest absolute Gasteiger partial charge is 0.416 e. The summed E-state index contributed by atoms with van der Waals surface area (Å²) < 4.78 is 38.5. The minimum Gasteiger partial charge on any atom is -0.393 e. The fraction of sp³-hybridized carbons (Fsp3) is 0.652.